The van der Waals surface area contributed by atoms with E-state index < -0.39 is 0 Å². The highest BCUT2D eigenvalue weighted by Gasteiger charge is 2.25. The summed E-state index contributed by atoms with van der Waals surface area (Å²) in [5.41, 5.74) is 13.0. The topological polar surface area (TPSA) is 3.24 Å². The molecule has 0 radical (unpaired) electrons. The van der Waals surface area contributed by atoms with Crippen LogP contribution in [0, 0.1) is 0 Å². The molecule has 0 atom stereocenters. The maximum atomic E-state index is 2.52. The third kappa shape index (κ3) is 6.07. The van der Waals surface area contributed by atoms with Crippen LogP contribution >= 0.6 is 11.3 Å². The van der Waals surface area contributed by atoms with Crippen molar-refractivity contribution in [3.63, 3.8) is 0 Å². The van der Waals surface area contributed by atoms with E-state index >= 15 is 0 Å². The number of rotatable bonds is 7. The third-order valence-corrected chi connectivity index (χ3v) is 13.7. The zero-order chi connectivity index (χ0) is 41.0. The van der Waals surface area contributed by atoms with Crippen molar-refractivity contribution in [1.82, 2.24) is 0 Å². The number of hydrogen-bond donors (Lipinski definition) is 0. The second-order valence-electron chi connectivity index (χ2n) is 16.0. The number of hydrogen-bond acceptors (Lipinski definition) is 2. The monoisotopic (exact) mass is 805 g/mol. The molecule has 0 aliphatic heterocycles. The van der Waals surface area contributed by atoms with Gasteiger partial charge in [-0.2, -0.15) is 0 Å². The molecule has 12 aromatic rings. The van der Waals surface area contributed by atoms with Gasteiger partial charge >= 0.3 is 0 Å². The minimum absolute atomic E-state index is 1.09. The minimum atomic E-state index is 1.09. The first-order valence-electron chi connectivity index (χ1n) is 21.3. The van der Waals surface area contributed by atoms with E-state index in [0.29, 0.717) is 0 Å². The average Bonchev–Trinajstić information content (AvgIpc) is 3.74. The Bertz CT molecular complexity index is 3610. The van der Waals surface area contributed by atoms with Gasteiger partial charge in [-0.05, 0) is 96.2 Å². The summed E-state index contributed by atoms with van der Waals surface area (Å²) in [6.07, 6.45) is 0. The van der Waals surface area contributed by atoms with Crippen molar-refractivity contribution in [3.8, 4) is 44.5 Å². The molecule has 0 unspecified atom stereocenters. The second-order valence-corrected chi connectivity index (χ2v) is 17.1. The van der Waals surface area contributed by atoms with E-state index in [0.717, 1.165) is 17.1 Å². The summed E-state index contributed by atoms with van der Waals surface area (Å²) in [7, 11) is 0. The molecule has 0 N–H and O–H groups in total. The van der Waals surface area contributed by atoms with Crippen LogP contribution in [0.3, 0.4) is 0 Å². The van der Waals surface area contributed by atoms with Crippen LogP contribution in [0.25, 0.3) is 97.0 Å². The van der Waals surface area contributed by atoms with Gasteiger partial charge in [0.1, 0.15) is 0 Å². The summed E-state index contributed by atoms with van der Waals surface area (Å²) in [4.78, 5) is 2.52. The van der Waals surface area contributed by atoms with Gasteiger partial charge in [0, 0.05) is 42.5 Å². The van der Waals surface area contributed by atoms with Gasteiger partial charge in [0.05, 0.1) is 5.69 Å². The molecule has 290 valence electrons. The number of benzene rings is 11. The van der Waals surface area contributed by atoms with Crippen molar-refractivity contribution in [2.24, 2.45) is 0 Å². The third-order valence-electron chi connectivity index (χ3n) is 12.5. The fraction of sp³-hybridized carbons (Fsp3) is 0. The van der Waals surface area contributed by atoms with E-state index in [4.69, 9.17) is 0 Å². The lowest BCUT2D eigenvalue weighted by Crippen LogP contribution is -2.12. The van der Waals surface area contributed by atoms with Crippen LogP contribution in [0.1, 0.15) is 0 Å². The Kier molecular flexibility index (Phi) is 8.76. The van der Waals surface area contributed by atoms with Crippen LogP contribution in [0.4, 0.5) is 17.1 Å². The van der Waals surface area contributed by atoms with E-state index in [1.54, 1.807) is 0 Å². The maximum absolute atomic E-state index is 2.52. The van der Waals surface area contributed by atoms with E-state index in [2.05, 4.69) is 241 Å². The Balaban J connectivity index is 1.11. The Morgan fingerprint density at radius 3 is 1.55 bits per heavy atom. The van der Waals surface area contributed by atoms with E-state index in [1.807, 2.05) is 11.3 Å². The summed E-state index contributed by atoms with van der Waals surface area (Å²) in [6.45, 7) is 0. The number of nitrogens with zero attached hydrogens (tertiary/aromatic N) is 1. The Labute approximate surface area is 365 Å². The highest BCUT2D eigenvalue weighted by Crippen LogP contribution is 2.51. The summed E-state index contributed by atoms with van der Waals surface area (Å²) < 4.78 is 2.62. The Morgan fingerprint density at radius 2 is 0.790 bits per heavy atom. The van der Waals surface area contributed by atoms with Crippen LogP contribution in [0.5, 0.6) is 0 Å². The first-order chi connectivity index (χ1) is 30.8. The molecule has 11 aromatic carbocycles. The van der Waals surface area contributed by atoms with Crippen LogP contribution in [0.15, 0.2) is 237 Å². The van der Waals surface area contributed by atoms with Gasteiger partial charge in [-0.25, -0.2) is 0 Å². The lowest BCUT2D eigenvalue weighted by Gasteiger charge is -2.31. The van der Waals surface area contributed by atoms with Gasteiger partial charge in [0.25, 0.3) is 0 Å². The van der Waals surface area contributed by atoms with Crippen molar-refractivity contribution >= 4 is 80.9 Å². The van der Waals surface area contributed by atoms with E-state index in [1.165, 1.54) is 97.0 Å². The summed E-state index contributed by atoms with van der Waals surface area (Å²) in [5.74, 6) is 0. The molecule has 0 aliphatic carbocycles. The molecule has 12 rings (SSSR count). The molecule has 0 bridgehead atoms. The summed E-state index contributed by atoms with van der Waals surface area (Å²) in [6, 6.07) is 86.8. The molecule has 1 heterocycles. The Morgan fingerprint density at radius 1 is 0.290 bits per heavy atom. The molecule has 0 saturated carbocycles. The standard InChI is InChI=1S/C60H39NS/c1-2-15-40(16-3-1)41-31-33-42(34-32-41)43-35-37-46(38-36-43)61(47-20-12-19-45(39-47)49-27-14-29-56-52-24-10-11-30-57(52)62-60(49)56)59-55-26-9-7-23-51(55)50-22-6-8-25-54(50)58(59)53-28-13-18-44-17-4-5-21-48(44)53/h1-39H. The van der Waals surface area contributed by atoms with Crippen LogP contribution < -0.4 is 4.90 Å². The minimum Gasteiger partial charge on any atom is -0.309 e. The lowest BCUT2D eigenvalue weighted by molar-refractivity contribution is 1.30. The van der Waals surface area contributed by atoms with Gasteiger partial charge in [-0.1, -0.05) is 206 Å². The SMILES string of the molecule is c1ccc(-c2ccc(-c3ccc(N(c4cccc(-c5cccc6c5sc5ccccc56)c4)c4c(-c5cccc6ccccc56)c5ccccc5c5ccccc45)cc3)cc2)cc1. The normalized spacial score (nSPS) is 11.5. The highest BCUT2D eigenvalue weighted by molar-refractivity contribution is 7.26. The van der Waals surface area contributed by atoms with Crippen LogP contribution in [0.2, 0.25) is 0 Å². The lowest BCUT2D eigenvalue weighted by atomic mass is 9.88. The first-order valence-corrected chi connectivity index (χ1v) is 22.1. The van der Waals surface area contributed by atoms with Gasteiger partial charge in [0.2, 0.25) is 0 Å². The predicted octanol–water partition coefficient (Wildman–Crippen LogP) is 17.7. The largest absolute Gasteiger partial charge is 0.309 e. The molecule has 0 saturated heterocycles. The first kappa shape index (κ1) is 36.1. The van der Waals surface area contributed by atoms with Crippen molar-refractivity contribution in [3.05, 3.63) is 237 Å². The van der Waals surface area contributed by atoms with Crippen molar-refractivity contribution in [2.75, 3.05) is 4.90 Å². The molecule has 1 nitrogen and oxygen atoms in total. The number of fused-ring (bicyclic) bond motifs is 7. The van der Waals surface area contributed by atoms with Gasteiger partial charge < -0.3 is 4.90 Å². The maximum Gasteiger partial charge on any atom is 0.0625 e. The van der Waals surface area contributed by atoms with Gasteiger partial charge in [0.15, 0.2) is 0 Å². The summed E-state index contributed by atoms with van der Waals surface area (Å²) >= 11 is 1.88. The predicted molar refractivity (Wildman–Crippen MR) is 268 cm³/mol. The van der Waals surface area contributed by atoms with Crippen molar-refractivity contribution < 1.29 is 0 Å². The molecule has 0 aliphatic rings. The molecule has 62 heavy (non-hydrogen) atoms. The van der Waals surface area contributed by atoms with Crippen LogP contribution in [-0.2, 0) is 0 Å². The van der Waals surface area contributed by atoms with Crippen molar-refractivity contribution in [2.45, 2.75) is 0 Å². The molecule has 0 spiro atoms. The Hall–Kier alpha value is -7.78. The fourth-order valence-corrected chi connectivity index (χ4v) is 10.8. The molecular weight excluding hydrogens is 767 g/mol. The number of thiophene rings is 1. The zero-order valence-corrected chi connectivity index (χ0v) is 34.7. The van der Waals surface area contributed by atoms with Crippen molar-refractivity contribution in [1.29, 1.82) is 0 Å². The summed E-state index contributed by atoms with van der Waals surface area (Å²) in [5, 5.41) is 9.97. The molecule has 1 aromatic heterocycles. The quantitative estimate of drug-likeness (QED) is 0.145. The van der Waals surface area contributed by atoms with E-state index in [9.17, 15) is 0 Å². The number of anilines is 3. The zero-order valence-electron chi connectivity index (χ0n) is 33.9. The smallest absolute Gasteiger partial charge is 0.0625 e. The fourth-order valence-electron chi connectivity index (χ4n) is 9.55. The molecule has 0 amide bonds. The highest BCUT2D eigenvalue weighted by atomic mass is 32.1. The molecule has 2 heteroatoms. The van der Waals surface area contributed by atoms with E-state index in [-0.39, 0.29) is 0 Å². The van der Waals surface area contributed by atoms with Crippen LogP contribution in [-0.4, -0.2) is 0 Å². The van der Waals surface area contributed by atoms with Gasteiger partial charge in [-0.15, -0.1) is 11.3 Å². The molecular formula is C60H39NS. The molecule has 0 fully saturated rings. The van der Waals surface area contributed by atoms with Gasteiger partial charge in [-0.3, -0.25) is 0 Å². The second kappa shape index (κ2) is 15.0. The average molecular weight is 806 g/mol.